The Bertz CT molecular complexity index is 702. The zero-order valence-electron chi connectivity index (χ0n) is 14.3. The van der Waals surface area contributed by atoms with E-state index in [9.17, 15) is 4.39 Å². The number of benzene rings is 1. The lowest BCUT2D eigenvalue weighted by atomic mass is 9.95. The molecule has 2 aromatic rings. The van der Waals surface area contributed by atoms with Crippen molar-refractivity contribution in [3.8, 4) is 0 Å². The van der Waals surface area contributed by atoms with Gasteiger partial charge in [0.05, 0.1) is 0 Å². The smallest absolute Gasteiger partial charge is 0.191 e. The van der Waals surface area contributed by atoms with E-state index in [1.807, 2.05) is 30.3 Å². The first kappa shape index (κ1) is 19.6. The maximum atomic E-state index is 14.0. The highest BCUT2D eigenvalue weighted by molar-refractivity contribution is 14.0. The van der Waals surface area contributed by atoms with Crippen molar-refractivity contribution in [3.63, 3.8) is 0 Å². The van der Waals surface area contributed by atoms with E-state index >= 15 is 0 Å². The van der Waals surface area contributed by atoms with E-state index in [2.05, 4.69) is 20.6 Å². The summed E-state index contributed by atoms with van der Waals surface area (Å²) in [5.74, 6) is 0.628. The van der Waals surface area contributed by atoms with Crippen LogP contribution in [-0.2, 0) is 11.8 Å². The number of aromatic nitrogens is 1. The third-order valence-corrected chi connectivity index (χ3v) is 4.52. The predicted octanol–water partition coefficient (Wildman–Crippen LogP) is 3.28. The molecule has 1 heterocycles. The number of hydrogen-bond donors (Lipinski definition) is 2. The van der Waals surface area contributed by atoms with Crippen molar-refractivity contribution in [2.45, 2.75) is 24.7 Å². The van der Waals surface area contributed by atoms with Crippen LogP contribution in [0.25, 0.3) is 0 Å². The van der Waals surface area contributed by atoms with Gasteiger partial charge in [-0.2, -0.15) is 0 Å². The quantitative estimate of drug-likeness (QED) is 0.400. The van der Waals surface area contributed by atoms with Gasteiger partial charge in [0.2, 0.25) is 0 Å². The maximum absolute atomic E-state index is 14.0. The van der Waals surface area contributed by atoms with Gasteiger partial charge in [-0.15, -0.1) is 24.0 Å². The Balaban J connectivity index is 0.00000225. The van der Waals surface area contributed by atoms with Gasteiger partial charge in [-0.3, -0.25) is 9.98 Å². The molecule has 1 aromatic heterocycles. The molecule has 3 rings (SSSR count). The van der Waals surface area contributed by atoms with E-state index in [-0.39, 0.29) is 35.2 Å². The third-order valence-electron chi connectivity index (χ3n) is 4.52. The van der Waals surface area contributed by atoms with E-state index in [0.717, 1.165) is 43.0 Å². The van der Waals surface area contributed by atoms with Gasteiger partial charge in [-0.1, -0.05) is 24.3 Å². The molecule has 0 bridgehead atoms. The van der Waals surface area contributed by atoms with Crippen LogP contribution in [0.2, 0.25) is 0 Å². The first-order valence-electron chi connectivity index (χ1n) is 8.33. The summed E-state index contributed by atoms with van der Waals surface area (Å²) in [5.41, 5.74) is 1.76. The van der Waals surface area contributed by atoms with Crippen molar-refractivity contribution in [2.75, 3.05) is 20.1 Å². The van der Waals surface area contributed by atoms with Gasteiger partial charge in [-0.25, -0.2) is 4.39 Å². The Hall–Kier alpha value is -1.70. The fraction of sp³-hybridized carbons (Fsp3) is 0.368. The number of nitrogens with one attached hydrogen (secondary N) is 2. The fourth-order valence-corrected chi connectivity index (χ4v) is 2.91. The Kier molecular flexibility index (Phi) is 7.16. The molecule has 4 nitrogen and oxygen atoms in total. The predicted molar refractivity (Wildman–Crippen MR) is 110 cm³/mol. The number of aliphatic imine (C=N–C) groups is 1. The minimum Gasteiger partial charge on any atom is -0.356 e. The van der Waals surface area contributed by atoms with Gasteiger partial charge in [0.1, 0.15) is 5.82 Å². The molecule has 1 fully saturated rings. The van der Waals surface area contributed by atoms with Gasteiger partial charge in [0, 0.05) is 43.9 Å². The number of nitrogens with zero attached hydrogens (tertiary/aromatic N) is 2. The van der Waals surface area contributed by atoms with E-state index in [1.54, 1.807) is 19.3 Å². The largest absolute Gasteiger partial charge is 0.356 e. The first-order valence-corrected chi connectivity index (χ1v) is 8.33. The molecule has 0 amide bonds. The Morgan fingerprint density at radius 2 is 1.92 bits per heavy atom. The van der Waals surface area contributed by atoms with E-state index in [1.165, 1.54) is 6.07 Å². The summed E-state index contributed by atoms with van der Waals surface area (Å²) in [6, 6.07) is 13.0. The van der Waals surface area contributed by atoms with Crippen molar-refractivity contribution in [2.24, 2.45) is 4.99 Å². The van der Waals surface area contributed by atoms with Crippen molar-refractivity contribution in [3.05, 3.63) is 65.7 Å². The van der Waals surface area contributed by atoms with Crippen LogP contribution in [0.15, 0.2) is 53.7 Å². The lowest BCUT2D eigenvalue weighted by Gasteiger charge is -2.19. The SMILES string of the molecule is CN=C(NCCc1ccccn1)NCC1(c2ccccc2F)CC1.I. The maximum Gasteiger partial charge on any atom is 0.191 e. The third kappa shape index (κ3) is 5.14. The molecule has 134 valence electrons. The summed E-state index contributed by atoms with van der Waals surface area (Å²) < 4.78 is 14.0. The standard InChI is InChI=1S/C19H23FN4.HI/c1-21-18(23-13-9-15-6-4-5-12-22-15)24-14-19(10-11-19)16-7-2-3-8-17(16)20;/h2-8,12H,9-11,13-14H2,1H3,(H2,21,23,24);1H. The van der Waals surface area contributed by atoms with Crippen LogP contribution in [0.5, 0.6) is 0 Å². The van der Waals surface area contributed by atoms with Crippen LogP contribution in [-0.4, -0.2) is 31.1 Å². The molecule has 0 spiro atoms. The fourth-order valence-electron chi connectivity index (χ4n) is 2.91. The lowest BCUT2D eigenvalue weighted by Crippen LogP contribution is -2.42. The molecule has 1 saturated carbocycles. The second-order valence-electron chi connectivity index (χ2n) is 6.18. The van der Waals surface area contributed by atoms with Gasteiger partial charge in [0.15, 0.2) is 5.96 Å². The summed E-state index contributed by atoms with van der Waals surface area (Å²) in [5, 5.41) is 6.63. The van der Waals surface area contributed by atoms with Crippen LogP contribution >= 0.6 is 24.0 Å². The van der Waals surface area contributed by atoms with Crippen LogP contribution in [0.4, 0.5) is 4.39 Å². The zero-order valence-corrected chi connectivity index (χ0v) is 16.7. The molecule has 0 aliphatic heterocycles. The van der Waals surface area contributed by atoms with Gasteiger partial charge in [0.25, 0.3) is 0 Å². The number of guanidine groups is 1. The van der Waals surface area contributed by atoms with E-state index in [4.69, 9.17) is 0 Å². The average Bonchev–Trinajstić information content (AvgIpc) is 3.40. The van der Waals surface area contributed by atoms with Crippen molar-refractivity contribution >= 4 is 29.9 Å². The van der Waals surface area contributed by atoms with Crippen LogP contribution in [0, 0.1) is 5.82 Å². The molecule has 6 heteroatoms. The lowest BCUT2D eigenvalue weighted by molar-refractivity contribution is 0.559. The molecular formula is C19H24FIN4. The average molecular weight is 454 g/mol. The van der Waals surface area contributed by atoms with Crippen LogP contribution in [0.1, 0.15) is 24.1 Å². The molecule has 1 aliphatic carbocycles. The van der Waals surface area contributed by atoms with E-state index < -0.39 is 0 Å². The summed E-state index contributed by atoms with van der Waals surface area (Å²) in [6.45, 7) is 1.45. The van der Waals surface area contributed by atoms with Gasteiger partial charge in [-0.05, 0) is 36.6 Å². The van der Waals surface area contributed by atoms with Crippen LogP contribution < -0.4 is 10.6 Å². The van der Waals surface area contributed by atoms with Crippen molar-refractivity contribution < 1.29 is 4.39 Å². The molecule has 0 saturated heterocycles. The molecule has 1 aliphatic rings. The summed E-state index contributed by atoms with van der Waals surface area (Å²) >= 11 is 0. The molecular weight excluding hydrogens is 430 g/mol. The molecule has 0 unspecified atom stereocenters. The van der Waals surface area contributed by atoms with Gasteiger partial charge >= 0.3 is 0 Å². The monoisotopic (exact) mass is 454 g/mol. The van der Waals surface area contributed by atoms with Gasteiger partial charge < -0.3 is 10.6 Å². The Morgan fingerprint density at radius 1 is 1.16 bits per heavy atom. The molecule has 0 atom stereocenters. The topological polar surface area (TPSA) is 49.3 Å². The van der Waals surface area contributed by atoms with E-state index in [0.29, 0.717) is 6.54 Å². The minimum atomic E-state index is -0.116. The second-order valence-corrected chi connectivity index (χ2v) is 6.18. The summed E-state index contributed by atoms with van der Waals surface area (Å²) in [4.78, 5) is 8.55. The number of halogens is 2. The Morgan fingerprint density at radius 3 is 2.56 bits per heavy atom. The zero-order chi connectivity index (χ0) is 16.8. The molecule has 0 radical (unpaired) electrons. The highest BCUT2D eigenvalue weighted by Gasteiger charge is 2.45. The molecule has 1 aromatic carbocycles. The first-order chi connectivity index (χ1) is 11.7. The normalized spacial score (nSPS) is 15.2. The minimum absolute atomic E-state index is 0. The van der Waals surface area contributed by atoms with Crippen molar-refractivity contribution in [1.29, 1.82) is 0 Å². The number of rotatable bonds is 6. The molecule has 25 heavy (non-hydrogen) atoms. The molecule has 2 N–H and O–H groups in total. The van der Waals surface area contributed by atoms with Crippen molar-refractivity contribution in [1.82, 2.24) is 15.6 Å². The summed E-state index contributed by atoms with van der Waals surface area (Å²) in [6.07, 6.45) is 4.64. The number of pyridine rings is 1. The highest BCUT2D eigenvalue weighted by Crippen LogP contribution is 2.48. The van der Waals surface area contributed by atoms with Crippen LogP contribution in [0.3, 0.4) is 0 Å². The second kappa shape index (κ2) is 9.12. The summed E-state index contributed by atoms with van der Waals surface area (Å²) in [7, 11) is 1.75. The Labute approximate surface area is 165 Å². The number of hydrogen-bond acceptors (Lipinski definition) is 2. The highest BCUT2D eigenvalue weighted by atomic mass is 127.